The normalized spacial score (nSPS) is 10.0. The van der Waals surface area contributed by atoms with Crippen LogP contribution in [0.2, 0.25) is 0 Å². The van der Waals surface area contributed by atoms with Gasteiger partial charge in [0.25, 0.3) is 0 Å². The van der Waals surface area contributed by atoms with Gasteiger partial charge in [0.05, 0.1) is 5.69 Å². The van der Waals surface area contributed by atoms with E-state index in [1.54, 1.807) is 0 Å². The minimum absolute atomic E-state index is 0.576. The van der Waals surface area contributed by atoms with Crippen molar-refractivity contribution in [2.45, 2.75) is 6.92 Å². The van der Waals surface area contributed by atoms with Gasteiger partial charge in [0.2, 0.25) is 0 Å². The molecule has 4 heteroatoms. The molecule has 0 aliphatic heterocycles. The van der Waals surface area contributed by atoms with Gasteiger partial charge in [-0.1, -0.05) is 30.3 Å². The molecule has 0 saturated heterocycles. The third kappa shape index (κ3) is 1.94. The number of nitrogens with two attached hydrogens (primary N) is 1. The van der Waals surface area contributed by atoms with Crippen molar-refractivity contribution in [3.63, 3.8) is 0 Å². The zero-order chi connectivity index (χ0) is 10.7. The summed E-state index contributed by atoms with van der Waals surface area (Å²) in [7, 11) is 0. The highest BCUT2D eigenvalue weighted by Crippen LogP contribution is 2.20. The van der Waals surface area contributed by atoms with Crippen LogP contribution in [0, 0.1) is 6.92 Å². The van der Waals surface area contributed by atoms with E-state index in [0.717, 1.165) is 16.8 Å². The molecule has 0 fully saturated rings. The molecule has 1 heterocycles. The Bertz CT molecular complexity index is 453. The van der Waals surface area contributed by atoms with Crippen LogP contribution in [0.5, 0.6) is 0 Å². The minimum atomic E-state index is 0.576. The fourth-order valence-corrected chi connectivity index (χ4v) is 1.44. The monoisotopic (exact) mass is 200 g/mol. The fourth-order valence-electron chi connectivity index (χ4n) is 1.44. The average molecular weight is 200 g/mol. The van der Waals surface area contributed by atoms with Gasteiger partial charge in [0.1, 0.15) is 0 Å². The van der Waals surface area contributed by atoms with Gasteiger partial charge in [0.15, 0.2) is 5.82 Å². The van der Waals surface area contributed by atoms with Gasteiger partial charge in [-0.25, -0.2) is 5.84 Å². The summed E-state index contributed by atoms with van der Waals surface area (Å²) in [6.45, 7) is 1.98. The van der Waals surface area contributed by atoms with Crippen molar-refractivity contribution in [3.05, 3.63) is 42.0 Å². The van der Waals surface area contributed by atoms with Crippen LogP contribution < -0.4 is 11.3 Å². The molecule has 0 spiro atoms. The molecule has 2 aromatic rings. The molecule has 0 aliphatic rings. The van der Waals surface area contributed by atoms with Crippen LogP contribution in [0.25, 0.3) is 11.3 Å². The maximum absolute atomic E-state index is 5.25. The molecule has 0 bridgehead atoms. The first-order chi connectivity index (χ1) is 7.31. The summed E-state index contributed by atoms with van der Waals surface area (Å²) in [5.74, 6) is 5.83. The second-order valence-electron chi connectivity index (χ2n) is 3.27. The number of hydrazine groups is 1. The molecule has 1 aromatic heterocycles. The Hall–Kier alpha value is -1.94. The Labute approximate surface area is 88.1 Å². The number of nitrogens with one attached hydrogen (secondary N) is 1. The lowest BCUT2D eigenvalue weighted by Gasteiger charge is -2.05. The molecular weight excluding hydrogens is 188 g/mol. The maximum Gasteiger partial charge on any atom is 0.162 e. The zero-order valence-corrected chi connectivity index (χ0v) is 8.44. The van der Waals surface area contributed by atoms with Crippen molar-refractivity contribution < 1.29 is 0 Å². The second kappa shape index (κ2) is 4.06. The van der Waals surface area contributed by atoms with Gasteiger partial charge in [0, 0.05) is 5.56 Å². The Balaban J connectivity index is 2.46. The van der Waals surface area contributed by atoms with Gasteiger partial charge in [-0.05, 0) is 18.6 Å². The summed E-state index contributed by atoms with van der Waals surface area (Å²) < 4.78 is 0. The number of aromatic nitrogens is 2. The molecular formula is C11H12N4. The topological polar surface area (TPSA) is 63.8 Å². The SMILES string of the molecule is Cc1cc(NN)nnc1-c1ccccc1. The number of anilines is 1. The Morgan fingerprint density at radius 1 is 1.13 bits per heavy atom. The first-order valence-electron chi connectivity index (χ1n) is 4.67. The highest BCUT2D eigenvalue weighted by atomic mass is 15.3. The molecule has 76 valence electrons. The summed E-state index contributed by atoms with van der Waals surface area (Å²) in [5.41, 5.74) is 5.46. The van der Waals surface area contributed by atoms with E-state index in [2.05, 4.69) is 15.6 Å². The predicted octanol–water partition coefficient (Wildman–Crippen LogP) is 1.74. The van der Waals surface area contributed by atoms with E-state index < -0.39 is 0 Å². The van der Waals surface area contributed by atoms with Crippen LogP contribution in [0.15, 0.2) is 36.4 Å². The van der Waals surface area contributed by atoms with Crippen LogP contribution in [-0.2, 0) is 0 Å². The Morgan fingerprint density at radius 3 is 2.47 bits per heavy atom. The maximum atomic E-state index is 5.25. The lowest BCUT2D eigenvalue weighted by Crippen LogP contribution is -2.09. The highest BCUT2D eigenvalue weighted by molar-refractivity contribution is 5.63. The Kier molecular flexibility index (Phi) is 2.60. The third-order valence-corrected chi connectivity index (χ3v) is 2.18. The van der Waals surface area contributed by atoms with E-state index in [0.29, 0.717) is 5.82 Å². The quantitative estimate of drug-likeness (QED) is 0.572. The average Bonchev–Trinajstić information content (AvgIpc) is 2.30. The van der Waals surface area contributed by atoms with Gasteiger partial charge in [-0.15, -0.1) is 10.2 Å². The summed E-state index contributed by atoms with van der Waals surface area (Å²) in [6.07, 6.45) is 0. The van der Waals surface area contributed by atoms with Crippen molar-refractivity contribution in [2.24, 2.45) is 5.84 Å². The fraction of sp³-hybridized carbons (Fsp3) is 0.0909. The van der Waals surface area contributed by atoms with Crippen molar-refractivity contribution in [1.82, 2.24) is 10.2 Å². The predicted molar refractivity (Wildman–Crippen MR) is 60.0 cm³/mol. The van der Waals surface area contributed by atoms with Crippen LogP contribution in [-0.4, -0.2) is 10.2 Å². The van der Waals surface area contributed by atoms with E-state index in [9.17, 15) is 0 Å². The molecule has 3 N–H and O–H groups in total. The lowest BCUT2D eigenvalue weighted by atomic mass is 10.1. The van der Waals surface area contributed by atoms with Crippen LogP contribution in [0.4, 0.5) is 5.82 Å². The van der Waals surface area contributed by atoms with E-state index in [-0.39, 0.29) is 0 Å². The molecule has 15 heavy (non-hydrogen) atoms. The largest absolute Gasteiger partial charge is 0.307 e. The molecule has 0 saturated carbocycles. The first-order valence-corrected chi connectivity index (χ1v) is 4.67. The summed E-state index contributed by atoms with van der Waals surface area (Å²) in [5, 5.41) is 8.08. The number of rotatable bonds is 2. The molecule has 4 nitrogen and oxygen atoms in total. The number of aryl methyl sites for hydroxylation is 1. The third-order valence-electron chi connectivity index (χ3n) is 2.18. The van der Waals surface area contributed by atoms with Crippen LogP contribution in [0.3, 0.4) is 0 Å². The molecule has 0 radical (unpaired) electrons. The molecule has 0 atom stereocenters. The summed E-state index contributed by atoms with van der Waals surface area (Å²) in [4.78, 5) is 0. The number of nitrogen functional groups attached to an aromatic ring is 1. The van der Waals surface area contributed by atoms with Gasteiger partial charge in [-0.3, -0.25) is 0 Å². The molecule has 1 aromatic carbocycles. The number of hydrogen-bond donors (Lipinski definition) is 2. The molecule has 2 rings (SSSR count). The van der Waals surface area contributed by atoms with E-state index >= 15 is 0 Å². The highest BCUT2D eigenvalue weighted by Gasteiger charge is 2.04. The minimum Gasteiger partial charge on any atom is -0.307 e. The second-order valence-corrected chi connectivity index (χ2v) is 3.27. The van der Waals surface area contributed by atoms with E-state index in [1.165, 1.54) is 0 Å². The van der Waals surface area contributed by atoms with Crippen molar-refractivity contribution >= 4 is 5.82 Å². The number of hydrogen-bond acceptors (Lipinski definition) is 4. The molecule has 0 aliphatic carbocycles. The number of nitrogens with zero attached hydrogens (tertiary/aromatic N) is 2. The van der Waals surface area contributed by atoms with Gasteiger partial charge >= 0.3 is 0 Å². The van der Waals surface area contributed by atoms with E-state index in [1.807, 2.05) is 43.3 Å². The van der Waals surface area contributed by atoms with Crippen molar-refractivity contribution in [3.8, 4) is 11.3 Å². The van der Waals surface area contributed by atoms with Crippen LogP contribution >= 0.6 is 0 Å². The zero-order valence-electron chi connectivity index (χ0n) is 8.44. The van der Waals surface area contributed by atoms with Gasteiger partial charge in [-0.2, -0.15) is 0 Å². The summed E-state index contributed by atoms with van der Waals surface area (Å²) >= 11 is 0. The van der Waals surface area contributed by atoms with Crippen molar-refractivity contribution in [1.29, 1.82) is 0 Å². The summed E-state index contributed by atoms with van der Waals surface area (Å²) in [6, 6.07) is 11.8. The lowest BCUT2D eigenvalue weighted by molar-refractivity contribution is 1.01. The molecule has 0 amide bonds. The van der Waals surface area contributed by atoms with Gasteiger partial charge < -0.3 is 5.43 Å². The smallest absolute Gasteiger partial charge is 0.162 e. The van der Waals surface area contributed by atoms with Crippen LogP contribution in [0.1, 0.15) is 5.56 Å². The number of benzene rings is 1. The van der Waals surface area contributed by atoms with Crippen molar-refractivity contribution in [2.75, 3.05) is 5.43 Å². The standard InChI is InChI=1S/C11H12N4/c1-8-7-10(13-12)14-15-11(8)9-5-3-2-4-6-9/h2-7H,12H2,1H3,(H,13,14). The van der Waals surface area contributed by atoms with E-state index in [4.69, 9.17) is 5.84 Å². The molecule has 0 unspecified atom stereocenters. The first kappa shape index (κ1) is 9.61. The Morgan fingerprint density at radius 2 is 1.87 bits per heavy atom.